The molecule has 0 bridgehead atoms. The summed E-state index contributed by atoms with van der Waals surface area (Å²) in [6.45, 7) is 16.6. The summed E-state index contributed by atoms with van der Waals surface area (Å²) < 4.78 is 35.6. The standard InChI is InChI=1S/C39H53FO3Si/c1-8-29-14-16-30(17-15-29)32-20-21-36(37(40)23-32)33-18-19-34(22-35-25-41-39(42-35)31-12-10-9-11-13-31)38(24-33)43-44(26(2)3,27(4)5)28(6)7/h9-13,18-21,23-24,26-30,35,39H,8,14-17,22,25H2,1-7H3. The molecule has 1 heterocycles. The van der Waals surface area contributed by atoms with Crippen LogP contribution in [-0.2, 0) is 15.9 Å². The second kappa shape index (κ2) is 14.3. The van der Waals surface area contributed by atoms with E-state index >= 15 is 4.39 Å². The van der Waals surface area contributed by atoms with Crippen LogP contribution in [0.25, 0.3) is 11.1 Å². The number of hydrogen-bond donors (Lipinski definition) is 0. The summed E-state index contributed by atoms with van der Waals surface area (Å²) in [6.07, 6.45) is 6.32. The fourth-order valence-electron chi connectivity index (χ4n) is 8.04. The summed E-state index contributed by atoms with van der Waals surface area (Å²) >= 11 is 0. The van der Waals surface area contributed by atoms with Gasteiger partial charge in [0.2, 0.25) is 0 Å². The highest BCUT2D eigenvalue weighted by Gasteiger charge is 2.47. The van der Waals surface area contributed by atoms with Gasteiger partial charge in [0.25, 0.3) is 8.32 Å². The summed E-state index contributed by atoms with van der Waals surface area (Å²) in [4.78, 5) is 0. The van der Waals surface area contributed by atoms with E-state index in [2.05, 4.69) is 72.7 Å². The molecule has 2 atom stereocenters. The minimum absolute atomic E-state index is 0.0829. The van der Waals surface area contributed by atoms with Crippen molar-refractivity contribution >= 4 is 8.32 Å². The zero-order valence-corrected chi connectivity index (χ0v) is 28.9. The van der Waals surface area contributed by atoms with E-state index in [9.17, 15) is 0 Å². The Labute approximate surface area is 266 Å². The molecule has 0 aromatic heterocycles. The Morgan fingerprint density at radius 2 is 1.50 bits per heavy atom. The Balaban J connectivity index is 1.45. The van der Waals surface area contributed by atoms with Crippen molar-refractivity contribution in [1.29, 1.82) is 0 Å². The number of ether oxygens (including phenoxy) is 2. The first-order valence-electron chi connectivity index (χ1n) is 17.1. The molecule has 2 unspecified atom stereocenters. The normalized spacial score (nSPS) is 22.7. The summed E-state index contributed by atoms with van der Waals surface area (Å²) in [5.74, 6) is 2.03. The van der Waals surface area contributed by atoms with E-state index in [-0.39, 0.29) is 18.2 Å². The lowest BCUT2D eigenvalue weighted by Crippen LogP contribution is -2.50. The highest BCUT2D eigenvalue weighted by Crippen LogP contribution is 2.45. The van der Waals surface area contributed by atoms with E-state index < -0.39 is 8.32 Å². The Hall–Kier alpha value is -2.47. The van der Waals surface area contributed by atoms with Crippen molar-refractivity contribution in [2.24, 2.45) is 5.92 Å². The maximum Gasteiger partial charge on any atom is 0.258 e. The van der Waals surface area contributed by atoms with Crippen LogP contribution in [0.3, 0.4) is 0 Å². The smallest absolute Gasteiger partial charge is 0.258 e. The molecule has 1 aliphatic heterocycles. The SMILES string of the molecule is CCC1CCC(c2ccc(-c3ccc(CC4COC(c5ccccc5)O4)c(O[Si](C(C)C)(C(C)C)C(C)C)c3)c(F)c2)CC1. The topological polar surface area (TPSA) is 27.7 Å². The van der Waals surface area contributed by atoms with E-state index in [0.717, 1.165) is 46.8 Å². The first kappa shape index (κ1) is 32.9. The monoisotopic (exact) mass is 616 g/mol. The molecule has 2 aliphatic rings. The Morgan fingerprint density at radius 1 is 0.818 bits per heavy atom. The maximum atomic E-state index is 15.9. The molecule has 3 nitrogen and oxygen atoms in total. The fraction of sp³-hybridized carbons (Fsp3) is 0.538. The third-order valence-corrected chi connectivity index (χ3v) is 16.5. The molecule has 3 aromatic rings. The van der Waals surface area contributed by atoms with Crippen molar-refractivity contribution in [3.63, 3.8) is 0 Å². The van der Waals surface area contributed by atoms with Gasteiger partial charge in [0, 0.05) is 17.5 Å². The number of benzene rings is 3. The van der Waals surface area contributed by atoms with Crippen molar-refractivity contribution < 1.29 is 18.3 Å². The average molecular weight is 617 g/mol. The van der Waals surface area contributed by atoms with E-state index in [1.165, 1.54) is 19.3 Å². The summed E-state index contributed by atoms with van der Waals surface area (Å²) in [5.41, 5.74) is 6.05. The molecule has 1 aliphatic carbocycles. The van der Waals surface area contributed by atoms with Gasteiger partial charge in [0.15, 0.2) is 6.29 Å². The zero-order valence-electron chi connectivity index (χ0n) is 27.9. The van der Waals surface area contributed by atoms with Gasteiger partial charge in [-0.05, 0) is 83.0 Å². The van der Waals surface area contributed by atoms with Crippen LogP contribution in [0.15, 0.2) is 66.7 Å². The first-order valence-corrected chi connectivity index (χ1v) is 19.2. The molecule has 238 valence electrons. The Morgan fingerprint density at radius 3 is 2.11 bits per heavy atom. The lowest BCUT2D eigenvalue weighted by Gasteiger charge is -2.42. The van der Waals surface area contributed by atoms with Crippen molar-refractivity contribution in [2.75, 3.05) is 6.61 Å². The molecule has 0 amide bonds. The summed E-state index contributed by atoms with van der Waals surface area (Å²) in [6, 6.07) is 22.3. The highest BCUT2D eigenvalue weighted by atomic mass is 28.4. The minimum Gasteiger partial charge on any atom is -0.542 e. The lowest BCUT2D eigenvalue weighted by atomic mass is 9.77. The summed E-state index contributed by atoms with van der Waals surface area (Å²) in [7, 11) is -2.27. The van der Waals surface area contributed by atoms with Crippen LogP contribution < -0.4 is 4.43 Å². The molecular formula is C39H53FO3Si. The molecule has 2 fully saturated rings. The van der Waals surface area contributed by atoms with E-state index in [0.29, 0.717) is 41.1 Å². The maximum absolute atomic E-state index is 15.9. The van der Waals surface area contributed by atoms with Gasteiger partial charge in [-0.2, -0.15) is 0 Å². The molecule has 0 spiro atoms. The minimum atomic E-state index is -2.27. The van der Waals surface area contributed by atoms with Crippen molar-refractivity contribution in [1.82, 2.24) is 0 Å². The third kappa shape index (κ3) is 7.00. The molecule has 5 heteroatoms. The Bertz CT molecular complexity index is 1340. The summed E-state index contributed by atoms with van der Waals surface area (Å²) in [5, 5.41) is 0. The van der Waals surface area contributed by atoms with Crippen LogP contribution in [0.4, 0.5) is 4.39 Å². The van der Waals surface area contributed by atoms with E-state index in [4.69, 9.17) is 13.9 Å². The number of rotatable bonds is 11. The van der Waals surface area contributed by atoms with Gasteiger partial charge >= 0.3 is 0 Å². The van der Waals surface area contributed by atoms with Crippen LogP contribution in [0.1, 0.15) is 109 Å². The molecule has 3 aromatic carbocycles. The van der Waals surface area contributed by atoms with E-state index in [1.54, 1.807) is 6.07 Å². The Kier molecular flexibility index (Phi) is 10.7. The number of halogens is 1. The van der Waals surface area contributed by atoms with Crippen molar-refractivity contribution in [2.45, 2.75) is 122 Å². The van der Waals surface area contributed by atoms with Crippen LogP contribution in [0.5, 0.6) is 5.75 Å². The molecule has 0 N–H and O–H groups in total. The van der Waals surface area contributed by atoms with Gasteiger partial charge in [-0.25, -0.2) is 4.39 Å². The largest absolute Gasteiger partial charge is 0.542 e. The van der Waals surface area contributed by atoms with Gasteiger partial charge in [-0.15, -0.1) is 0 Å². The van der Waals surface area contributed by atoms with Crippen molar-refractivity contribution in [3.8, 4) is 16.9 Å². The molecule has 44 heavy (non-hydrogen) atoms. The zero-order chi connectivity index (χ0) is 31.4. The van der Waals surface area contributed by atoms with Crippen LogP contribution in [0.2, 0.25) is 16.6 Å². The fourth-order valence-corrected chi connectivity index (χ4v) is 13.3. The lowest BCUT2D eigenvalue weighted by molar-refractivity contribution is -0.0598. The highest BCUT2D eigenvalue weighted by molar-refractivity contribution is 6.78. The number of hydrogen-bond acceptors (Lipinski definition) is 3. The molecule has 1 saturated heterocycles. The van der Waals surface area contributed by atoms with Gasteiger partial charge in [-0.3, -0.25) is 0 Å². The van der Waals surface area contributed by atoms with Gasteiger partial charge in [0.1, 0.15) is 11.6 Å². The first-order chi connectivity index (χ1) is 21.1. The second-order valence-corrected chi connectivity index (χ2v) is 19.5. The van der Waals surface area contributed by atoms with E-state index in [1.807, 2.05) is 36.4 Å². The molecule has 0 radical (unpaired) electrons. The van der Waals surface area contributed by atoms with Gasteiger partial charge < -0.3 is 13.9 Å². The van der Waals surface area contributed by atoms with Crippen LogP contribution >= 0.6 is 0 Å². The predicted molar refractivity (Wildman–Crippen MR) is 182 cm³/mol. The van der Waals surface area contributed by atoms with Crippen LogP contribution in [0, 0.1) is 11.7 Å². The van der Waals surface area contributed by atoms with Gasteiger partial charge in [-0.1, -0.05) is 109 Å². The molecule has 1 saturated carbocycles. The second-order valence-electron chi connectivity index (χ2n) is 14.1. The van der Waals surface area contributed by atoms with Crippen LogP contribution in [-0.4, -0.2) is 21.0 Å². The average Bonchev–Trinajstić information content (AvgIpc) is 3.49. The van der Waals surface area contributed by atoms with Crippen molar-refractivity contribution in [3.05, 3.63) is 89.2 Å². The molecular weight excluding hydrogens is 564 g/mol. The van der Waals surface area contributed by atoms with Gasteiger partial charge in [0.05, 0.1) is 12.7 Å². The predicted octanol–water partition coefficient (Wildman–Crippen LogP) is 11.4. The third-order valence-electron chi connectivity index (χ3n) is 10.5. The molecule has 5 rings (SSSR count). The quantitative estimate of drug-likeness (QED) is 0.201.